The molecule has 3 unspecified atom stereocenters. The number of piperidine rings is 1. The maximum absolute atomic E-state index is 13.1. The fraction of sp³-hybridized carbons (Fsp3) is 0.741. The second kappa shape index (κ2) is 7.84. The van der Waals surface area contributed by atoms with Gasteiger partial charge in [0.25, 0.3) is 0 Å². The maximum atomic E-state index is 13.1. The summed E-state index contributed by atoms with van der Waals surface area (Å²) < 4.78 is 19.0. The van der Waals surface area contributed by atoms with Crippen LogP contribution in [0.3, 0.4) is 0 Å². The summed E-state index contributed by atoms with van der Waals surface area (Å²) in [6.07, 6.45) is 3.22. The van der Waals surface area contributed by atoms with Crippen molar-refractivity contribution in [3.8, 4) is 11.5 Å². The molecule has 1 spiro atoms. The van der Waals surface area contributed by atoms with Crippen molar-refractivity contribution in [1.82, 2.24) is 10.2 Å². The first-order valence-corrected chi connectivity index (χ1v) is 12.7. The van der Waals surface area contributed by atoms with Crippen molar-refractivity contribution in [2.24, 2.45) is 5.92 Å². The van der Waals surface area contributed by atoms with E-state index in [2.05, 4.69) is 23.3 Å². The lowest BCUT2D eigenvalue weighted by atomic mass is 9.48. The largest absolute Gasteiger partial charge is 0.504 e. The SMILES string of the molecule is CO[C@@]12CCC(NC(C(=O)OC(C)(C)C)C(C)C)[C@@H]3Oc4c(O)ccc5c4[C@@]31CCN(C)C2C5. The molecule has 34 heavy (non-hydrogen) atoms. The van der Waals surface area contributed by atoms with Crippen molar-refractivity contribution in [3.05, 3.63) is 23.3 Å². The number of methoxy groups -OCH3 is 1. The van der Waals surface area contributed by atoms with Gasteiger partial charge in [0.2, 0.25) is 0 Å². The molecule has 0 amide bonds. The zero-order valence-electron chi connectivity index (χ0n) is 21.6. The number of rotatable bonds is 5. The van der Waals surface area contributed by atoms with E-state index < -0.39 is 17.2 Å². The van der Waals surface area contributed by atoms with Gasteiger partial charge in [-0.05, 0) is 77.6 Å². The van der Waals surface area contributed by atoms with Crippen LogP contribution in [0.1, 0.15) is 65.0 Å². The summed E-state index contributed by atoms with van der Waals surface area (Å²) in [5.41, 5.74) is 1.06. The second-order valence-electron chi connectivity index (χ2n) is 12.1. The Balaban J connectivity index is 1.57. The molecule has 1 saturated carbocycles. The summed E-state index contributed by atoms with van der Waals surface area (Å²) in [5.74, 6) is 0.633. The fourth-order valence-corrected chi connectivity index (χ4v) is 7.44. The number of phenols is 1. The van der Waals surface area contributed by atoms with Gasteiger partial charge in [-0.3, -0.25) is 10.1 Å². The highest BCUT2D eigenvalue weighted by molar-refractivity contribution is 5.76. The van der Waals surface area contributed by atoms with E-state index >= 15 is 0 Å². The van der Waals surface area contributed by atoms with Gasteiger partial charge in [0.05, 0.1) is 11.0 Å². The van der Waals surface area contributed by atoms with Gasteiger partial charge in [0, 0.05) is 24.8 Å². The number of benzene rings is 1. The van der Waals surface area contributed by atoms with Crippen LogP contribution < -0.4 is 10.1 Å². The minimum Gasteiger partial charge on any atom is -0.504 e. The van der Waals surface area contributed by atoms with Crippen LogP contribution >= 0.6 is 0 Å². The number of carbonyl (C=O) groups excluding carboxylic acids is 1. The summed E-state index contributed by atoms with van der Waals surface area (Å²) in [7, 11) is 4.03. The molecule has 0 aromatic heterocycles. The highest BCUT2D eigenvalue weighted by Crippen LogP contribution is 2.66. The van der Waals surface area contributed by atoms with Gasteiger partial charge in [-0.1, -0.05) is 19.9 Å². The molecule has 1 aromatic carbocycles. The van der Waals surface area contributed by atoms with E-state index in [1.165, 1.54) is 5.56 Å². The lowest BCUT2D eigenvalue weighted by Crippen LogP contribution is -2.78. The zero-order chi connectivity index (χ0) is 24.6. The van der Waals surface area contributed by atoms with Gasteiger partial charge >= 0.3 is 5.97 Å². The topological polar surface area (TPSA) is 80.3 Å². The molecule has 6 atom stereocenters. The van der Waals surface area contributed by atoms with E-state index in [9.17, 15) is 9.90 Å². The summed E-state index contributed by atoms with van der Waals surface area (Å²) in [6, 6.07) is 3.56. The number of carbonyl (C=O) groups is 1. The Kier molecular flexibility index (Phi) is 5.51. The fourth-order valence-electron chi connectivity index (χ4n) is 7.44. The zero-order valence-corrected chi connectivity index (χ0v) is 21.6. The molecule has 1 saturated heterocycles. The predicted molar refractivity (Wildman–Crippen MR) is 129 cm³/mol. The van der Waals surface area contributed by atoms with Gasteiger partial charge in [-0.25, -0.2) is 0 Å². The number of aromatic hydroxyl groups is 1. The Morgan fingerprint density at radius 1 is 1.29 bits per heavy atom. The quantitative estimate of drug-likeness (QED) is 0.637. The third kappa shape index (κ3) is 3.16. The van der Waals surface area contributed by atoms with Crippen molar-refractivity contribution < 1.29 is 24.1 Å². The standard InChI is InChI=1S/C27H40N2O5/c1-15(2)21(24(31)34-25(3,4)5)28-17-10-11-27(32-7)19-14-16-8-9-18(30)22-20(16)26(27,23(17)33-22)12-13-29(19)6/h8-9,15,17,19,21,23,28,30H,10-14H2,1-7H3/t17?,19?,21?,23-,26-,27+/m0/s1. The molecule has 2 aliphatic carbocycles. The second-order valence-corrected chi connectivity index (χ2v) is 12.1. The first-order valence-electron chi connectivity index (χ1n) is 12.7. The molecule has 2 bridgehead atoms. The van der Waals surface area contributed by atoms with Crippen LogP contribution in [0.5, 0.6) is 11.5 Å². The maximum Gasteiger partial charge on any atom is 0.323 e. The van der Waals surface area contributed by atoms with Gasteiger partial charge in [-0.2, -0.15) is 0 Å². The Labute approximate surface area is 203 Å². The van der Waals surface area contributed by atoms with Gasteiger partial charge in [0.1, 0.15) is 17.7 Å². The van der Waals surface area contributed by atoms with Crippen LogP contribution in [0.4, 0.5) is 0 Å². The Bertz CT molecular complexity index is 988. The average molecular weight is 473 g/mol. The average Bonchev–Trinajstić information content (AvgIpc) is 3.11. The molecular formula is C27H40N2O5. The van der Waals surface area contributed by atoms with Gasteiger partial charge in [-0.15, -0.1) is 0 Å². The number of phenolic OH excluding ortho intramolecular Hbond substituents is 1. The summed E-state index contributed by atoms with van der Waals surface area (Å²) in [4.78, 5) is 15.6. The number of ether oxygens (including phenoxy) is 3. The highest BCUT2D eigenvalue weighted by atomic mass is 16.6. The molecule has 7 nitrogen and oxygen atoms in total. The summed E-state index contributed by atoms with van der Waals surface area (Å²) >= 11 is 0. The normalized spacial score (nSPS) is 35.0. The first-order chi connectivity index (χ1) is 15.9. The summed E-state index contributed by atoms with van der Waals surface area (Å²) in [5, 5.41) is 14.5. The van der Waals surface area contributed by atoms with Crippen molar-refractivity contribution in [2.75, 3.05) is 20.7 Å². The minimum atomic E-state index is -0.548. The number of nitrogens with zero attached hydrogens (tertiary/aromatic N) is 1. The van der Waals surface area contributed by atoms with E-state index in [4.69, 9.17) is 14.2 Å². The Hall–Kier alpha value is -1.83. The molecule has 1 aromatic rings. The van der Waals surface area contributed by atoms with Crippen LogP contribution in [0.2, 0.25) is 0 Å². The Morgan fingerprint density at radius 2 is 2.03 bits per heavy atom. The van der Waals surface area contributed by atoms with Crippen LogP contribution in [0.15, 0.2) is 12.1 Å². The molecular weight excluding hydrogens is 432 g/mol. The minimum absolute atomic E-state index is 0.0609. The molecule has 7 heteroatoms. The monoisotopic (exact) mass is 472 g/mol. The first kappa shape index (κ1) is 23.9. The van der Waals surface area contributed by atoms with Gasteiger partial charge < -0.3 is 24.2 Å². The van der Waals surface area contributed by atoms with E-state index in [-0.39, 0.29) is 41.2 Å². The number of hydrogen-bond donors (Lipinski definition) is 2. The van der Waals surface area contributed by atoms with Gasteiger partial charge in [0.15, 0.2) is 11.5 Å². The van der Waals surface area contributed by atoms with Crippen LogP contribution in [-0.4, -0.2) is 72.1 Å². The predicted octanol–water partition coefficient (Wildman–Crippen LogP) is 3.15. The molecule has 4 aliphatic rings. The third-order valence-corrected chi connectivity index (χ3v) is 8.77. The molecule has 0 radical (unpaired) electrons. The number of likely N-dealkylation sites (tertiary alicyclic amines) is 1. The number of esters is 1. The number of nitrogens with one attached hydrogen (secondary N) is 1. The Morgan fingerprint density at radius 3 is 2.68 bits per heavy atom. The summed E-state index contributed by atoms with van der Waals surface area (Å²) in [6.45, 7) is 10.7. The molecule has 188 valence electrons. The number of hydrogen-bond acceptors (Lipinski definition) is 7. The molecule has 2 fully saturated rings. The van der Waals surface area contributed by atoms with Crippen molar-refractivity contribution >= 4 is 5.97 Å². The molecule has 2 heterocycles. The highest BCUT2D eigenvalue weighted by Gasteiger charge is 2.73. The van der Waals surface area contributed by atoms with Crippen molar-refractivity contribution in [2.45, 2.75) is 101 Å². The third-order valence-electron chi connectivity index (χ3n) is 8.77. The molecule has 5 rings (SSSR count). The lowest BCUT2D eigenvalue weighted by Gasteiger charge is -2.65. The van der Waals surface area contributed by atoms with Crippen LogP contribution in [-0.2, 0) is 26.1 Å². The van der Waals surface area contributed by atoms with E-state index in [0.29, 0.717) is 5.75 Å². The van der Waals surface area contributed by atoms with Crippen molar-refractivity contribution in [1.29, 1.82) is 0 Å². The van der Waals surface area contributed by atoms with Crippen LogP contribution in [0.25, 0.3) is 0 Å². The number of likely N-dealkylation sites (N-methyl/N-ethyl adjacent to an activating group) is 1. The van der Waals surface area contributed by atoms with Crippen LogP contribution in [0, 0.1) is 5.92 Å². The molecule has 2 aliphatic heterocycles. The van der Waals surface area contributed by atoms with E-state index in [1.807, 2.05) is 41.7 Å². The molecule has 2 N–H and O–H groups in total. The smallest absolute Gasteiger partial charge is 0.323 e. The van der Waals surface area contributed by atoms with E-state index in [1.54, 1.807) is 6.07 Å². The van der Waals surface area contributed by atoms with E-state index in [0.717, 1.165) is 37.8 Å². The van der Waals surface area contributed by atoms with Crippen molar-refractivity contribution in [3.63, 3.8) is 0 Å². The lowest BCUT2D eigenvalue weighted by molar-refractivity contribution is -0.204.